The number of anilines is 1. The van der Waals surface area contributed by atoms with E-state index in [0.717, 1.165) is 6.42 Å². The Bertz CT molecular complexity index is 432. The molecule has 0 saturated heterocycles. The van der Waals surface area contributed by atoms with E-state index in [1.165, 1.54) is 4.68 Å². The van der Waals surface area contributed by atoms with Crippen LogP contribution in [0.1, 0.15) is 13.3 Å². The molecule has 0 spiro atoms. The zero-order valence-corrected chi connectivity index (χ0v) is 12.4. The molecule has 0 aromatic carbocycles. The Hall–Kier alpha value is -0.920. The Labute approximate surface area is 114 Å². The van der Waals surface area contributed by atoms with Crippen molar-refractivity contribution in [1.82, 2.24) is 9.78 Å². The van der Waals surface area contributed by atoms with Crippen molar-refractivity contribution in [3.05, 3.63) is 21.0 Å². The lowest BCUT2D eigenvalue weighted by Crippen LogP contribution is -2.27. The number of nitrogens with zero attached hydrogens (tertiary/aromatic N) is 2. The van der Waals surface area contributed by atoms with E-state index in [4.69, 9.17) is 9.47 Å². The van der Waals surface area contributed by atoms with Crippen molar-refractivity contribution in [2.75, 3.05) is 26.1 Å². The summed E-state index contributed by atoms with van der Waals surface area (Å²) in [5.41, 5.74) is 0.486. The third-order valence-electron chi connectivity index (χ3n) is 2.41. The highest BCUT2D eigenvalue weighted by Gasteiger charge is 2.10. The quantitative estimate of drug-likeness (QED) is 0.770. The highest BCUT2D eigenvalue weighted by Crippen LogP contribution is 2.16. The molecule has 7 heteroatoms. The lowest BCUT2D eigenvalue weighted by molar-refractivity contribution is -0.0914. The molecule has 0 saturated carbocycles. The van der Waals surface area contributed by atoms with Crippen LogP contribution in [0.5, 0.6) is 0 Å². The molecule has 0 aliphatic carbocycles. The average molecular weight is 320 g/mol. The largest absolute Gasteiger partial charge is 0.378 e. The Kier molecular flexibility index (Phi) is 6.31. The summed E-state index contributed by atoms with van der Waals surface area (Å²) in [6.45, 7) is 3.04. The maximum absolute atomic E-state index is 11.9. The first-order valence-corrected chi connectivity index (χ1v) is 6.48. The van der Waals surface area contributed by atoms with Crippen LogP contribution >= 0.6 is 15.9 Å². The predicted molar refractivity (Wildman–Crippen MR) is 72.8 cm³/mol. The molecule has 0 aliphatic heterocycles. The van der Waals surface area contributed by atoms with Gasteiger partial charge in [-0.2, -0.15) is 5.10 Å². The minimum absolute atomic E-state index is 0.145. The van der Waals surface area contributed by atoms with E-state index in [0.29, 0.717) is 23.2 Å². The summed E-state index contributed by atoms with van der Waals surface area (Å²) in [7, 11) is 3.12. The van der Waals surface area contributed by atoms with Crippen molar-refractivity contribution in [3.63, 3.8) is 0 Å². The van der Waals surface area contributed by atoms with E-state index in [1.807, 2.05) is 6.92 Å². The summed E-state index contributed by atoms with van der Waals surface area (Å²) in [6, 6.07) is 0. The number of aromatic nitrogens is 2. The second-order valence-electron chi connectivity index (χ2n) is 3.68. The van der Waals surface area contributed by atoms with Crippen LogP contribution in [0.2, 0.25) is 0 Å². The molecule has 1 N–H and O–H groups in total. The molecule has 1 aromatic rings. The van der Waals surface area contributed by atoms with Gasteiger partial charge in [0.15, 0.2) is 6.29 Å². The van der Waals surface area contributed by atoms with E-state index < -0.39 is 0 Å². The van der Waals surface area contributed by atoms with Crippen molar-refractivity contribution < 1.29 is 9.47 Å². The zero-order chi connectivity index (χ0) is 13.5. The number of rotatable bonds is 7. The fraction of sp³-hybridized carbons (Fsp3) is 0.636. The monoisotopic (exact) mass is 319 g/mol. The normalized spacial score (nSPS) is 10.9. The first kappa shape index (κ1) is 15.1. The van der Waals surface area contributed by atoms with Gasteiger partial charge in [-0.25, -0.2) is 4.68 Å². The van der Waals surface area contributed by atoms with Crippen LogP contribution in [0.4, 0.5) is 5.69 Å². The van der Waals surface area contributed by atoms with Crippen LogP contribution in [0, 0.1) is 0 Å². The summed E-state index contributed by atoms with van der Waals surface area (Å²) >= 11 is 3.28. The van der Waals surface area contributed by atoms with Gasteiger partial charge >= 0.3 is 0 Å². The molecule has 0 unspecified atom stereocenters. The Morgan fingerprint density at radius 1 is 1.50 bits per heavy atom. The molecule has 0 amide bonds. The topological polar surface area (TPSA) is 65.4 Å². The maximum Gasteiger partial charge on any atom is 0.283 e. The van der Waals surface area contributed by atoms with Crippen molar-refractivity contribution >= 4 is 21.6 Å². The smallest absolute Gasteiger partial charge is 0.283 e. The molecular formula is C11H18BrN3O3. The van der Waals surface area contributed by atoms with Crippen LogP contribution in [-0.4, -0.2) is 36.8 Å². The minimum atomic E-state index is -0.366. The zero-order valence-electron chi connectivity index (χ0n) is 10.8. The van der Waals surface area contributed by atoms with Gasteiger partial charge in [-0.3, -0.25) is 4.79 Å². The second-order valence-corrected chi connectivity index (χ2v) is 4.48. The number of hydrogen-bond acceptors (Lipinski definition) is 5. The molecule has 18 heavy (non-hydrogen) atoms. The van der Waals surface area contributed by atoms with Gasteiger partial charge in [-0.1, -0.05) is 6.92 Å². The minimum Gasteiger partial charge on any atom is -0.378 e. The Balaban J connectivity index is 2.79. The Morgan fingerprint density at radius 3 is 2.72 bits per heavy atom. The fourth-order valence-corrected chi connectivity index (χ4v) is 1.86. The third-order valence-corrected chi connectivity index (χ3v) is 3.17. The molecule has 0 atom stereocenters. The number of ether oxygens (including phenoxy) is 2. The van der Waals surface area contributed by atoms with Crippen molar-refractivity contribution in [3.8, 4) is 0 Å². The highest BCUT2D eigenvalue weighted by molar-refractivity contribution is 9.10. The number of hydrogen-bond donors (Lipinski definition) is 1. The van der Waals surface area contributed by atoms with Gasteiger partial charge < -0.3 is 14.8 Å². The summed E-state index contributed by atoms with van der Waals surface area (Å²) in [5, 5.41) is 7.14. The summed E-state index contributed by atoms with van der Waals surface area (Å²) < 4.78 is 12.0. The summed E-state index contributed by atoms with van der Waals surface area (Å²) in [5.74, 6) is 0. The van der Waals surface area contributed by atoms with Crippen molar-refractivity contribution in [1.29, 1.82) is 0 Å². The average Bonchev–Trinajstić information content (AvgIpc) is 2.38. The molecule has 0 bridgehead atoms. The molecule has 1 rings (SSSR count). The van der Waals surface area contributed by atoms with Gasteiger partial charge in [0.05, 0.1) is 18.4 Å². The molecule has 1 heterocycles. The van der Waals surface area contributed by atoms with Gasteiger partial charge in [-0.15, -0.1) is 0 Å². The summed E-state index contributed by atoms with van der Waals surface area (Å²) in [6.07, 6.45) is 2.11. The van der Waals surface area contributed by atoms with E-state index in [1.54, 1.807) is 20.4 Å². The third kappa shape index (κ3) is 3.79. The first-order valence-electron chi connectivity index (χ1n) is 5.69. The van der Waals surface area contributed by atoms with Crippen LogP contribution in [0.25, 0.3) is 0 Å². The molecule has 0 radical (unpaired) electrons. The van der Waals surface area contributed by atoms with Gasteiger partial charge in [-0.05, 0) is 22.4 Å². The summed E-state index contributed by atoms with van der Waals surface area (Å²) in [4.78, 5) is 11.9. The molecule has 1 aromatic heterocycles. The van der Waals surface area contributed by atoms with Crippen molar-refractivity contribution in [2.45, 2.75) is 26.2 Å². The van der Waals surface area contributed by atoms with Gasteiger partial charge in [0.2, 0.25) is 0 Å². The van der Waals surface area contributed by atoms with Gasteiger partial charge in [0, 0.05) is 20.8 Å². The number of methoxy groups -OCH3 is 2. The highest BCUT2D eigenvalue weighted by atomic mass is 79.9. The molecule has 6 nitrogen and oxygen atoms in total. The van der Waals surface area contributed by atoms with Crippen LogP contribution < -0.4 is 10.9 Å². The standard InChI is InChI=1S/C11H18BrN3O3/c1-4-5-15-11(16)10(12)8(6-14-15)13-7-9(17-2)18-3/h6,9,13H,4-5,7H2,1-3H3. The van der Waals surface area contributed by atoms with E-state index in [2.05, 4.69) is 26.3 Å². The van der Waals surface area contributed by atoms with Crippen molar-refractivity contribution in [2.24, 2.45) is 0 Å². The fourth-order valence-electron chi connectivity index (χ4n) is 1.42. The van der Waals surface area contributed by atoms with Gasteiger partial charge in [0.1, 0.15) is 4.47 Å². The van der Waals surface area contributed by atoms with E-state index in [-0.39, 0.29) is 11.8 Å². The number of nitrogens with one attached hydrogen (secondary N) is 1. The number of halogens is 1. The van der Waals surface area contributed by atoms with Crippen LogP contribution in [0.15, 0.2) is 15.5 Å². The molecule has 102 valence electrons. The van der Waals surface area contributed by atoms with Gasteiger partial charge in [0.25, 0.3) is 5.56 Å². The molecule has 0 fully saturated rings. The van der Waals surface area contributed by atoms with Crippen LogP contribution in [-0.2, 0) is 16.0 Å². The lowest BCUT2D eigenvalue weighted by atomic mass is 10.4. The second kappa shape index (κ2) is 7.50. The Morgan fingerprint density at radius 2 is 2.17 bits per heavy atom. The predicted octanol–water partition coefficient (Wildman–Crippen LogP) is 1.45. The lowest BCUT2D eigenvalue weighted by Gasteiger charge is -2.15. The number of aryl methyl sites for hydroxylation is 1. The molecular weight excluding hydrogens is 302 g/mol. The van der Waals surface area contributed by atoms with Crippen LogP contribution in [0.3, 0.4) is 0 Å². The van der Waals surface area contributed by atoms with E-state index in [9.17, 15) is 4.79 Å². The molecule has 0 aliphatic rings. The first-order chi connectivity index (χ1) is 8.63. The van der Waals surface area contributed by atoms with E-state index >= 15 is 0 Å². The maximum atomic E-state index is 11.9. The SMILES string of the molecule is CCCn1ncc(NCC(OC)OC)c(Br)c1=O.